The van der Waals surface area contributed by atoms with Crippen LogP contribution in [-0.4, -0.2) is 22.7 Å². The van der Waals surface area contributed by atoms with Gasteiger partial charge in [0.05, 0.1) is 6.42 Å². The summed E-state index contributed by atoms with van der Waals surface area (Å²) in [6.07, 6.45) is -0.426. The summed E-state index contributed by atoms with van der Waals surface area (Å²) >= 11 is 0. The number of hydrogen-bond acceptors (Lipinski definition) is 3. The van der Waals surface area contributed by atoms with Crippen molar-refractivity contribution in [1.29, 1.82) is 5.41 Å². The van der Waals surface area contributed by atoms with Crippen LogP contribution < -0.4 is 5.32 Å². The molecule has 0 spiro atoms. The highest BCUT2D eigenvalue weighted by molar-refractivity contribution is 6.38. The highest BCUT2D eigenvalue weighted by atomic mass is 16.4. The Kier molecular flexibility index (Phi) is 3.56. The molecule has 0 saturated carbocycles. The van der Waals surface area contributed by atoms with Crippen LogP contribution in [0, 0.1) is 5.41 Å². The topological polar surface area (TPSA) is 90.3 Å². The summed E-state index contributed by atoms with van der Waals surface area (Å²) in [5, 5.41) is 17.9. The van der Waals surface area contributed by atoms with Crippen molar-refractivity contribution in [3.05, 3.63) is 30.3 Å². The Labute approximate surface area is 86.2 Å². The molecule has 0 aromatic heterocycles. The Morgan fingerprint density at radius 2 is 1.87 bits per heavy atom. The monoisotopic (exact) mass is 206 g/mol. The average molecular weight is 206 g/mol. The highest BCUT2D eigenvalue weighted by Crippen LogP contribution is 2.05. The maximum absolute atomic E-state index is 11.2. The van der Waals surface area contributed by atoms with Crippen molar-refractivity contribution < 1.29 is 14.7 Å². The number of benzene rings is 1. The van der Waals surface area contributed by atoms with Gasteiger partial charge >= 0.3 is 5.97 Å². The molecule has 0 aliphatic heterocycles. The first-order valence-electron chi connectivity index (χ1n) is 4.25. The van der Waals surface area contributed by atoms with Gasteiger partial charge in [0.2, 0.25) is 5.91 Å². The van der Waals surface area contributed by atoms with Gasteiger partial charge in [0.25, 0.3) is 0 Å². The molecular weight excluding hydrogens is 196 g/mol. The fourth-order valence-corrected chi connectivity index (χ4v) is 0.963. The molecule has 5 nitrogen and oxygen atoms in total. The number of carbonyl (C=O) groups is 2. The summed E-state index contributed by atoms with van der Waals surface area (Å²) in [6.45, 7) is 0. The molecule has 1 aromatic carbocycles. The van der Waals surface area contributed by atoms with E-state index in [1.54, 1.807) is 30.3 Å². The van der Waals surface area contributed by atoms with Gasteiger partial charge in [0.15, 0.2) is 0 Å². The Morgan fingerprint density at radius 3 is 2.40 bits per heavy atom. The van der Waals surface area contributed by atoms with Crippen molar-refractivity contribution in [2.45, 2.75) is 6.42 Å². The molecule has 0 aliphatic carbocycles. The first kappa shape index (κ1) is 10.9. The first-order valence-corrected chi connectivity index (χ1v) is 4.25. The normalized spacial score (nSPS) is 9.33. The predicted molar refractivity (Wildman–Crippen MR) is 55.1 cm³/mol. The lowest BCUT2D eigenvalue weighted by Gasteiger charge is -2.03. The summed E-state index contributed by atoms with van der Waals surface area (Å²) in [5.41, 5.74) is -0.0379. The molecule has 0 fully saturated rings. The summed E-state index contributed by atoms with van der Waals surface area (Å²) in [4.78, 5) is 21.5. The molecule has 0 saturated heterocycles. The van der Waals surface area contributed by atoms with Crippen molar-refractivity contribution in [3.8, 4) is 0 Å². The molecule has 0 radical (unpaired) electrons. The molecule has 1 aromatic rings. The van der Waals surface area contributed by atoms with Crippen LogP contribution in [0.2, 0.25) is 0 Å². The van der Waals surface area contributed by atoms with E-state index >= 15 is 0 Å². The zero-order valence-electron chi connectivity index (χ0n) is 7.86. The van der Waals surface area contributed by atoms with Gasteiger partial charge in [-0.2, -0.15) is 0 Å². The second kappa shape index (κ2) is 4.90. The molecule has 15 heavy (non-hydrogen) atoms. The minimum atomic E-state index is -1.38. The van der Waals surface area contributed by atoms with E-state index in [4.69, 9.17) is 10.5 Å². The SMILES string of the molecule is N=C(CC(=O)Nc1ccccc1)C(=O)O. The fraction of sp³-hybridized carbons (Fsp3) is 0.100. The molecule has 0 aliphatic rings. The van der Waals surface area contributed by atoms with Crippen LogP contribution in [0.1, 0.15) is 6.42 Å². The number of nitrogens with one attached hydrogen (secondary N) is 2. The van der Waals surface area contributed by atoms with E-state index in [2.05, 4.69) is 5.32 Å². The lowest BCUT2D eigenvalue weighted by molar-refractivity contribution is -0.130. The largest absolute Gasteiger partial charge is 0.477 e. The molecule has 0 atom stereocenters. The maximum atomic E-state index is 11.2. The smallest absolute Gasteiger partial charge is 0.350 e. The Hall–Kier alpha value is -2.17. The second-order valence-corrected chi connectivity index (χ2v) is 2.87. The average Bonchev–Trinajstić information content (AvgIpc) is 2.18. The van der Waals surface area contributed by atoms with Crippen LogP contribution in [0.15, 0.2) is 30.3 Å². The summed E-state index contributed by atoms with van der Waals surface area (Å²) in [7, 11) is 0. The number of aliphatic carboxylic acids is 1. The van der Waals surface area contributed by atoms with Gasteiger partial charge in [-0.1, -0.05) is 18.2 Å². The molecule has 0 bridgehead atoms. The molecule has 5 heteroatoms. The van der Waals surface area contributed by atoms with Crippen LogP contribution >= 0.6 is 0 Å². The quantitative estimate of drug-likeness (QED) is 0.645. The third-order valence-corrected chi connectivity index (χ3v) is 1.65. The second-order valence-electron chi connectivity index (χ2n) is 2.87. The Bertz CT molecular complexity index is 387. The van der Waals surface area contributed by atoms with E-state index in [1.807, 2.05) is 0 Å². The number of para-hydroxylation sites is 1. The number of amides is 1. The fourth-order valence-electron chi connectivity index (χ4n) is 0.963. The van der Waals surface area contributed by atoms with Crippen molar-refractivity contribution in [2.75, 3.05) is 5.32 Å². The van der Waals surface area contributed by atoms with E-state index in [0.29, 0.717) is 5.69 Å². The number of hydrogen-bond donors (Lipinski definition) is 3. The summed E-state index contributed by atoms with van der Waals surface area (Å²) in [6, 6.07) is 8.66. The standard InChI is InChI=1S/C10H10N2O3/c11-8(10(14)15)6-9(13)12-7-4-2-1-3-5-7/h1-5,11H,6H2,(H,12,13)(H,14,15). The van der Waals surface area contributed by atoms with E-state index < -0.39 is 24.0 Å². The maximum Gasteiger partial charge on any atom is 0.350 e. The number of rotatable bonds is 4. The van der Waals surface area contributed by atoms with Gasteiger partial charge in [-0.15, -0.1) is 0 Å². The van der Waals surface area contributed by atoms with E-state index in [1.165, 1.54) is 0 Å². The van der Waals surface area contributed by atoms with E-state index in [9.17, 15) is 9.59 Å². The highest BCUT2D eigenvalue weighted by Gasteiger charge is 2.12. The Balaban J connectivity index is 2.51. The third kappa shape index (κ3) is 3.60. The van der Waals surface area contributed by atoms with Crippen LogP contribution in [-0.2, 0) is 9.59 Å². The predicted octanol–water partition coefficient (Wildman–Crippen LogP) is 1.12. The van der Waals surface area contributed by atoms with E-state index in [-0.39, 0.29) is 0 Å². The van der Waals surface area contributed by atoms with Gasteiger partial charge < -0.3 is 10.4 Å². The van der Waals surface area contributed by atoms with Crippen molar-refractivity contribution >= 4 is 23.3 Å². The minimum absolute atomic E-state index is 0.426. The van der Waals surface area contributed by atoms with Gasteiger partial charge in [-0.3, -0.25) is 10.2 Å². The third-order valence-electron chi connectivity index (χ3n) is 1.65. The first-order chi connectivity index (χ1) is 7.09. The van der Waals surface area contributed by atoms with Crippen molar-refractivity contribution in [3.63, 3.8) is 0 Å². The number of anilines is 1. The zero-order chi connectivity index (χ0) is 11.3. The van der Waals surface area contributed by atoms with Crippen molar-refractivity contribution in [1.82, 2.24) is 0 Å². The van der Waals surface area contributed by atoms with Gasteiger partial charge in [-0.25, -0.2) is 4.79 Å². The van der Waals surface area contributed by atoms with Crippen LogP contribution in [0.25, 0.3) is 0 Å². The summed E-state index contributed by atoms with van der Waals surface area (Å²) in [5.74, 6) is -1.88. The van der Waals surface area contributed by atoms with Gasteiger partial charge in [-0.05, 0) is 12.1 Å². The van der Waals surface area contributed by atoms with Crippen LogP contribution in [0.4, 0.5) is 5.69 Å². The minimum Gasteiger partial charge on any atom is -0.477 e. The lowest BCUT2D eigenvalue weighted by atomic mass is 10.2. The number of carbonyl (C=O) groups excluding carboxylic acids is 1. The molecule has 1 amide bonds. The van der Waals surface area contributed by atoms with Crippen LogP contribution in [0.3, 0.4) is 0 Å². The zero-order valence-corrected chi connectivity index (χ0v) is 7.86. The molecule has 0 unspecified atom stereocenters. The number of carboxylic acids is 1. The molecule has 78 valence electrons. The van der Waals surface area contributed by atoms with Crippen LogP contribution in [0.5, 0.6) is 0 Å². The molecule has 0 heterocycles. The number of carboxylic acid groups (broad SMARTS) is 1. The molecular formula is C10H10N2O3. The van der Waals surface area contributed by atoms with Gasteiger partial charge in [0.1, 0.15) is 5.71 Å². The lowest BCUT2D eigenvalue weighted by Crippen LogP contribution is -2.21. The summed E-state index contributed by atoms with van der Waals surface area (Å²) < 4.78 is 0. The van der Waals surface area contributed by atoms with Crippen molar-refractivity contribution in [2.24, 2.45) is 0 Å². The van der Waals surface area contributed by atoms with Gasteiger partial charge in [0, 0.05) is 5.69 Å². The molecule has 3 N–H and O–H groups in total. The Morgan fingerprint density at radius 1 is 1.27 bits per heavy atom. The van der Waals surface area contributed by atoms with E-state index in [0.717, 1.165) is 0 Å². The molecule has 1 rings (SSSR count).